The predicted molar refractivity (Wildman–Crippen MR) is 81.9 cm³/mol. The number of rotatable bonds is 4. The van der Waals surface area contributed by atoms with Gasteiger partial charge >= 0.3 is 0 Å². The molecule has 0 unspecified atom stereocenters. The standard InChI is InChI=1S/C12H12BrCl2NO3S/c1-16(6-7-2-3-7)12(17)9-4-8(13)5-10(11(9)14)20(15,18)19/h4-5,7H,2-3,6H2,1H3. The lowest BCUT2D eigenvalue weighted by molar-refractivity contribution is 0.0788. The largest absolute Gasteiger partial charge is 0.341 e. The van der Waals surface area contributed by atoms with Crippen LogP contribution in [0.15, 0.2) is 21.5 Å². The van der Waals surface area contributed by atoms with Gasteiger partial charge in [-0.2, -0.15) is 0 Å². The van der Waals surface area contributed by atoms with E-state index in [1.165, 1.54) is 12.1 Å². The van der Waals surface area contributed by atoms with E-state index in [9.17, 15) is 13.2 Å². The summed E-state index contributed by atoms with van der Waals surface area (Å²) in [5.41, 5.74) is 0.128. The van der Waals surface area contributed by atoms with Crippen LogP contribution in [0.25, 0.3) is 0 Å². The van der Waals surface area contributed by atoms with E-state index >= 15 is 0 Å². The summed E-state index contributed by atoms with van der Waals surface area (Å²) in [6.45, 7) is 0.643. The number of carbonyl (C=O) groups is 1. The first-order valence-electron chi connectivity index (χ1n) is 5.89. The molecule has 0 aromatic heterocycles. The molecule has 0 heterocycles. The zero-order valence-electron chi connectivity index (χ0n) is 10.6. The van der Waals surface area contributed by atoms with E-state index in [0.29, 0.717) is 16.9 Å². The van der Waals surface area contributed by atoms with Crippen molar-refractivity contribution in [3.8, 4) is 0 Å². The molecule has 0 N–H and O–H groups in total. The van der Waals surface area contributed by atoms with Crippen molar-refractivity contribution in [2.24, 2.45) is 5.92 Å². The molecule has 0 atom stereocenters. The number of amides is 1. The third kappa shape index (κ3) is 3.67. The number of hydrogen-bond donors (Lipinski definition) is 0. The number of carbonyl (C=O) groups excluding carboxylic acids is 1. The number of benzene rings is 1. The van der Waals surface area contributed by atoms with Crippen LogP contribution in [0.3, 0.4) is 0 Å². The first-order valence-corrected chi connectivity index (χ1v) is 9.37. The van der Waals surface area contributed by atoms with Gasteiger partial charge in [0.15, 0.2) is 0 Å². The maximum atomic E-state index is 12.3. The zero-order valence-corrected chi connectivity index (χ0v) is 14.5. The van der Waals surface area contributed by atoms with E-state index < -0.39 is 9.05 Å². The molecule has 4 nitrogen and oxygen atoms in total. The lowest BCUT2D eigenvalue weighted by atomic mass is 10.2. The maximum Gasteiger partial charge on any atom is 0.262 e. The van der Waals surface area contributed by atoms with E-state index in [2.05, 4.69) is 15.9 Å². The van der Waals surface area contributed by atoms with Crippen LogP contribution in [-0.2, 0) is 9.05 Å². The lowest BCUT2D eigenvalue weighted by Gasteiger charge is -2.18. The van der Waals surface area contributed by atoms with Crippen LogP contribution in [0.2, 0.25) is 5.02 Å². The second-order valence-corrected chi connectivity index (χ2v) is 8.66. The summed E-state index contributed by atoms with van der Waals surface area (Å²) in [5, 5.41) is -0.143. The topological polar surface area (TPSA) is 54.5 Å². The van der Waals surface area contributed by atoms with Gasteiger partial charge in [-0.15, -0.1) is 0 Å². The average Bonchev–Trinajstić information content (AvgIpc) is 3.13. The molecular formula is C12H12BrCl2NO3S. The van der Waals surface area contributed by atoms with Crippen LogP contribution >= 0.6 is 38.2 Å². The average molecular weight is 401 g/mol. The molecule has 20 heavy (non-hydrogen) atoms. The second-order valence-electron chi connectivity index (χ2n) is 4.83. The molecule has 0 spiro atoms. The van der Waals surface area contributed by atoms with Crippen LogP contribution < -0.4 is 0 Å². The first-order chi connectivity index (χ1) is 9.20. The smallest absolute Gasteiger partial charge is 0.262 e. The molecule has 8 heteroatoms. The van der Waals surface area contributed by atoms with Crippen LogP contribution in [0.5, 0.6) is 0 Å². The van der Waals surface area contributed by atoms with E-state index in [1.54, 1.807) is 11.9 Å². The molecule has 110 valence electrons. The maximum absolute atomic E-state index is 12.3. The summed E-state index contributed by atoms with van der Waals surface area (Å²) in [6, 6.07) is 2.78. The first kappa shape index (κ1) is 16.1. The molecule has 2 rings (SSSR count). The molecule has 1 fully saturated rings. The van der Waals surface area contributed by atoms with E-state index in [0.717, 1.165) is 12.8 Å². The number of hydrogen-bond acceptors (Lipinski definition) is 3. The molecule has 0 aliphatic heterocycles. The van der Waals surface area contributed by atoms with Gasteiger partial charge in [-0.1, -0.05) is 27.5 Å². The van der Waals surface area contributed by atoms with Crippen molar-refractivity contribution in [1.82, 2.24) is 4.90 Å². The minimum Gasteiger partial charge on any atom is -0.341 e. The van der Waals surface area contributed by atoms with E-state index in [-0.39, 0.29) is 21.4 Å². The SMILES string of the molecule is CN(CC1CC1)C(=O)c1cc(Br)cc(S(=O)(=O)Cl)c1Cl. The zero-order chi connectivity index (χ0) is 15.1. The van der Waals surface area contributed by atoms with Crippen LogP contribution in [-0.4, -0.2) is 32.8 Å². The van der Waals surface area contributed by atoms with Gasteiger partial charge in [-0.05, 0) is 30.9 Å². The molecular weight excluding hydrogens is 389 g/mol. The fraction of sp³-hybridized carbons (Fsp3) is 0.417. The molecule has 1 aromatic rings. The van der Waals surface area contributed by atoms with Crippen molar-refractivity contribution in [3.05, 3.63) is 27.2 Å². The van der Waals surface area contributed by atoms with Crippen LogP contribution in [0.1, 0.15) is 23.2 Å². The Hall–Kier alpha value is -0.300. The number of nitrogens with zero attached hydrogens (tertiary/aromatic N) is 1. The van der Waals surface area contributed by atoms with Crippen molar-refractivity contribution in [2.45, 2.75) is 17.7 Å². The highest BCUT2D eigenvalue weighted by Gasteiger charge is 2.28. The second kappa shape index (κ2) is 5.83. The van der Waals surface area contributed by atoms with Gasteiger partial charge in [0.05, 0.1) is 10.6 Å². The quantitative estimate of drug-likeness (QED) is 0.726. The van der Waals surface area contributed by atoms with Gasteiger partial charge in [0, 0.05) is 28.7 Å². The highest BCUT2D eigenvalue weighted by atomic mass is 79.9. The number of halogens is 3. The van der Waals surface area contributed by atoms with Crippen molar-refractivity contribution < 1.29 is 13.2 Å². The Balaban J connectivity index is 2.40. The van der Waals surface area contributed by atoms with Gasteiger partial charge in [0.25, 0.3) is 15.0 Å². The summed E-state index contributed by atoms with van der Waals surface area (Å²) in [5.74, 6) is 0.218. The van der Waals surface area contributed by atoms with E-state index in [4.69, 9.17) is 22.3 Å². The molecule has 0 saturated heterocycles. The van der Waals surface area contributed by atoms with Crippen molar-refractivity contribution in [1.29, 1.82) is 0 Å². The highest BCUT2D eigenvalue weighted by molar-refractivity contribution is 9.10. The van der Waals surface area contributed by atoms with Crippen molar-refractivity contribution >= 4 is 53.2 Å². The Kier molecular flexibility index (Phi) is 4.69. The summed E-state index contributed by atoms with van der Waals surface area (Å²) in [6.07, 6.45) is 2.23. The van der Waals surface area contributed by atoms with Gasteiger partial charge in [-0.3, -0.25) is 4.79 Å². The molecule has 1 aliphatic carbocycles. The third-order valence-electron chi connectivity index (χ3n) is 3.07. The Labute approximate surface area is 135 Å². The van der Waals surface area contributed by atoms with Crippen molar-refractivity contribution in [3.63, 3.8) is 0 Å². The minimum absolute atomic E-state index is 0.128. The summed E-state index contributed by atoms with van der Waals surface area (Å²) in [7, 11) is 2.99. The lowest BCUT2D eigenvalue weighted by Crippen LogP contribution is -2.29. The monoisotopic (exact) mass is 399 g/mol. The normalized spacial score (nSPS) is 15.2. The summed E-state index contributed by atoms with van der Waals surface area (Å²) < 4.78 is 23.4. The van der Waals surface area contributed by atoms with Gasteiger partial charge in [0.2, 0.25) is 0 Å². The fourth-order valence-corrected chi connectivity index (χ4v) is 4.05. The van der Waals surface area contributed by atoms with Gasteiger partial charge < -0.3 is 4.90 Å². The Morgan fingerprint density at radius 1 is 1.45 bits per heavy atom. The summed E-state index contributed by atoms with van der Waals surface area (Å²) >= 11 is 9.19. The summed E-state index contributed by atoms with van der Waals surface area (Å²) in [4.78, 5) is 13.6. The molecule has 1 amide bonds. The fourth-order valence-electron chi connectivity index (χ4n) is 1.87. The van der Waals surface area contributed by atoms with Gasteiger partial charge in [-0.25, -0.2) is 8.42 Å². The Bertz CT molecular complexity index is 659. The minimum atomic E-state index is -4.01. The predicted octanol–water partition coefficient (Wildman–Crippen LogP) is 3.51. The molecule has 0 bridgehead atoms. The third-order valence-corrected chi connectivity index (χ3v) is 5.40. The van der Waals surface area contributed by atoms with Gasteiger partial charge in [0.1, 0.15) is 4.90 Å². The molecule has 1 aromatic carbocycles. The van der Waals surface area contributed by atoms with Crippen LogP contribution in [0.4, 0.5) is 0 Å². The highest BCUT2D eigenvalue weighted by Crippen LogP contribution is 2.33. The molecule has 1 saturated carbocycles. The molecule has 1 aliphatic rings. The van der Waals surface area contributed by atoms with E-state index in [1.807, 2.05) is 0 Å². The van der Waals surface area contributed by atoms with Crippen LogP contribution in [0, 0.1) is 5.92 Å². The molecule has 0 radical (unpaired) electrons. The van der Waals surface area contributed by atoms with Crippen molar-refractivity contribution in [2.75, 3.05) is 13.6 Å². The Morgan fingerprint density at radius 2 is 2.05 bits per heavy atom. The Morgan fingerprint density at radius 3 is 2.55 bits per heavy atom.